The lowest BCUT2D eigenvalue weighted by molar-refractivity contribution is 0.269. The molecular formula is C17H25FN2O2S. The Balaban J connectivity index is 1.58. The van der Waals surface area contributed by atoms with Crippen LogP contribution in [0.4, 0.5) is 4.39 Å². The number of nitrogens with zero attached hydrogens (tertiary/aromatic N) is 1. The van der Waals surface area contributed by atoms with Crippen molar-refractivity contribution >= 4 is 10.0 Å². The first-order valence-electron chi connectivity index (χ1n) is 8.51. The van der Waals surface area contributed by atoms with E-state index in [-0.39, 0.29) is 23.2 Å². The second-order valence-corrected chi connectivity index (χ2v) is 8.78. The average Bonchev–Trinajstić information content (AvgIpc) is 3.39. The van der Waals surface area contributed by atoms with E-state index in [0.717, 1.165) is 32.1 Å². The number of benzene rings is 1. The van der Waals surface area contributed by atoms with Crippen LogP contribution in [0.25, 0.3) is 0 Å². The second-order valence-electron chi connectivity index (χ2n) is 6.57. The van der Waals surface area contributed by atoms with Crippen LogP contribution in [0.3, 0.4) is 0 Å². The maximum atomic E-state index is 14.0. The Morgan fingerprint density at radius 3 is 2.43 bits per heavy atom. The van der Waals surface area contributed by atoms with E-state index >= 15 is 0 Å². The van der Waals surface area contributed by atoms with Crippen LogP contribution in [-0.4, -0.2) is 37.1 Å². The normalized spacial score (nSPS) is 22.2. The van der Waals surface area contributed by atoms with Gasteiger partial charge in [-0.3, -0.25) is 0 Å². The topological polar surface area (TPSA) is 49.4 Å². The monoisotopic (exact) mass is 340 g/mol. The van der Waals surface area contributed by atoms with Gasteiger partial charge in [0.25, 0.3) is 0 Å². The van der Waals surface area contributed by atoms with Crippen molar-refractivity contribution in [2.75, 3.05) is 13.1 Å². The van der Waals surface area contributed by atoms with Crippen LogP contribution in [0.15, 0.2) is 24.3 Å². The second kappa shape index (κ2) is 6.87. The molecule has 0 radical (unpaired) electrons. The summed E-state index contributed by atoms with van der Waals surface area (Å²) in [5.74, 6) is -0.180. The van der Waals surface area contributed by atoms with Gasteiger partial charge in [-0.1, -0.05) is 25.1 Å². The summed E-state index contributed by atoms with van der Waals surface area (Å²) in [6, 6.07) is 7.09. The molecule has 0 spiro atoms. The highest BCUT2D eigenvalue weighted by Gasteiger charge is 2.41. The third kappa shape index (κ3) is 3.75. The van der Waals surface area contributed by atoms with Crippen LogP contribution in [0.5, 0.6) is 0 Å². The van der Waals surface area contributed by atoms with Crippen molar-refractivity contribution in [1.82, 2.24) is 9.62 Å². The highest BCUT2D eigenvalue weighted by atomic mass is 32.2. The molecule has 1 saturated heterocycles. The van der Waals surface area contributed by atoms with Crippen molar-refractivity contribution in [3.05, 3.63) is 35.6 Å². The third-order valence-electron chi connectivity index (χ3n) is 4.89. The zero-order valence-corrected chi connectivity index (χ0v) is 14.4. The van der Waals surface area contributed by atoms with Gasteiger partial charge in [0.05, 0.1) is 5.25 Å². The lowest BCUT2D eigenvalue weighted by Crippen LogP contribution is -2.46. The van der Waals surface area contributed by atoms with Gasteiger partial charge in [0.2, 0.25) is 10.0 Å². The maximum absolute atomic E-state index is 14.0. The molecule has 4 nitrogen and oxygen atoms in total. The molecule has 1 aromatic rings. The number of halogens is 1. The summed E-state index contributed by atoms with van der Waals surface area (Å²) >= 11 is 0. The number of piperidine rings is 1. The summed E-state index contributed by atoms with van der Waals surface area (Å²) in [7, 11) is -3.06. The van der Waals surface area contributed by atoms with Gasteiger partial charge in [0.15, 0.2) is 0 Å². The molecule has 2 fully saturated rings. The predicted molar refractivity (Wildman–Crippen MR) is 89.1 cm³/mol. The Morgan fingerprint density at radius 2 is 1.87 bits per heavy atom. The summed E-state index contributed by atoms with van der Waals surface area (Å²) in [5, 5.41) is 3.39. The molecular weight excluding hydrogens is 315 g/mol. The minimum Gasteiger partial charge on any atom is -0.307 e. The lowest BCUT2D eigenvalue weighted by atomic mass is 9.99. The van der Waals surface area contributed by atoms with Crippen LogP contribution in [0.1, 0.15) is 50.6 Å². The predicted octanol–water partition coefficient (Wildman–Crippen LogP) is 2.82. The van der Waals surface area contributed by atoms with Gasteiger partial charge in [-0.2, -0.15) is 0 Å². The zero-order chi connectivity index (χ0) is 16.4. The number of hydrogen-bond donors (Lipinski definition) is 1. The summed E-state index contributed by atoms with van der Waals surface area (Å²) in [6.07, 6.45) is 4.01. The summed E-state index contributed by atoms with van der Waals surface area (Å²) in [6.45, 7) is 3.19. The highest BCUT2D eigenvalue weighted by Crippen LogP contribution is 2.32. The fourth-order valence-electron chi connectivity index (χ4n) is 3.32. The number of nitrogens with one attached hydrogen (secondary N) is 1. The quantitative estimate of drug-likeness (QED) is 0.866. The van der Waals surface area contributed by atoms with Gasteiger partial charge >= 0.3 is 0 Å². The molecule has 1 heterocycles. The smallest absolute Gasteiger partial charge is 0.216 e. The van der Waals surface area contributed by atoms with E-state index < -0.39 is 10.0 Å². The molecule has 0 amide bonds. The van der Waals surface area contributed by atoms with E-state index in [9.17, 15) is 12.8 Å². The molecule has 1 saturated carbocycles. The van der Waals surface area contributed by atoms with Crippen molar-refractivity contribution in [2.45, 2.75) is 56.4 Å². The van der Waals surface area contributed by atoms with Crippen molar-refractivity contribution in [3.8, 4) is 0 Å². The van der Waals surface area contributed by atoms with Gasteiger partial charge in [-0.05, 0) is 38.2 Å². The van der Waals surface area contributed by atoms with Crippen molar-refractivity contribution in [1.29, 1.82) is 0 Å². The molecule has 0 unspecified atom stereocenters. The van der Waals surface area contributed by atoms with E-state index in [1.54, 1.807) is 10.4 Å². The van der Waals surface area contributed by atoms with Gasteiger partial charge in [-0.25, -0.2) is 17.1 Å². The minimum atomic E-state index is -3.06. The summed E-state index contributed by atoms with van der Waals surface area (Å²) in [4.78, 5) is 0. The average molecular weight is 340 g/mol. The maximum Gasteiger partial charge on any atom is 0.216 e. The van der Waals surface area contributed by atoms with Crippen LogP contribution < -0.4 is 5.32 Å². The molecule has 6 heteroatoms. The van der Waals surface area contributed by atoms with Crippen molar-refractivity contribution in [3.63, 3.8) is 0 Å². The standard InChI is InChI=1S/C17H25FN2O2S/c1-2-17(15-5-3-4-6-16(15)18)19-13-9-11-20(12-10-13)23(21,22)14-7-8-14/h3-6,13-14,17,19H,2,7-12H2,1H3/t17-/m0/s1. The van der Waals surface area contributed by atoms with Crippen LogP contribution in [0, 0.1) is 5.82 Å². The van der Waals surface area contributed by atoms with Gasteiger partial charge < -0.3 is 5.32 Å². The molecule has 1 aliphatic heterocycles. The Bertz CT molecular complexity index is 638. The first-order chi connectivity index (χ1) is 11.0. The first kappa shape index (κ1) is 16.9. The molecule has 2 aliphatic rings. The molecule has 0 aromatic heterocycles. The Hall–Kier alpha value is -0.980. The minimum absolute atomic E-state index is 0.0206. The van der Waals surface area contributed by atoms with E-state index in [1.165, 1.54) is 6.07 Å². The zero-order valence-electron chi connectivity index (χ0n) is 13.5. The van der Waals surface area contributed by atoms with Crippen molar-refractivity contribution < 1.29 is 12.8 Å². The number of hydrogen-bond acceptors (Lipinski definition) is 3. The molecule has 1 N–H and O–H groups in total. The fraction of sp³-hybridized carbons (Fsp3) is 0.647. The molecule has 23 heavy (non-hydrogen) atoms. The first-order valence-corrected chi connectivity index (χ1v) is 10.0. The Morgan fingerprint density at radius 1 is 1.22 bits per heavy atom. The van der Waals surface area contributed by atoms with Crippen LogP contribution in [0.2, 0.25) is 0 Å². The number of sulfonamides is 1. The molecule has 1 aromatic carbocycles. The Labute approximate surface area is 138 Å². The van der Waals surface area contributed by atoms with Gasteiger partial charge in [0.1, 0.15) is 5.82 Å². The molecule has 0 bridgehead atoms. The van der Waals surface area contributed by atoms with E-state index in [0.29, 0.717) is 18.7 Å². The molecule has 1 aliphatic carbocycles. The van der Waals surface area contributed by atoms with Crippen molar-refractivity contribution in [2.24, 2.45) is 0 Å². The molecule has 128 valence electrons. The number of rotatable bonds is 6. The molecule has 3 rings (SSSR count). The summed E-state index contributed by atoms with van der Waals surface area (Å²) < 4.78 is 40.1. The molecule has 1 atom stereocenters. The largest absolute Gasteiger partial charge is 0.307 e. The fourth-order valence-corrected chi connectivity index (χ4v) is 5.20. The summed E-state index contributed by atoms with van der Waals surface area (Å²) in [5.41, 5.74) is 0.697. The van der Waals surface area contributed by atoms with Crippen LogP contribution in [-0.2, 0) is 10.0 Å². The van der Waals surface area contributed by atoms with E-state index in [2.05, 4.69) is 5.32 Å². The van der Waals surface area contributed by atoms with E-state index in [1.807, 2.05) is 19.1 Å². The van der Waals surface area contributed by atoms with Gasteiger partial charge in [-0.15, -0.1) is 0 Å². The third-order valence-corrected chi connectivity index (χ3v) is 7.28. The van der Waals surface area contributed by atoms with E-state index in [4.69, 9.17) is 0 Å². The SMILES string of the molecule is CC[C@H](NC1CCN(S(=O)(=O)C2CC2)CC1)c1ccccc1F. The van der Waals surface area contributed by atoms with Gasteiger partial charge in [0, 0.05) is 30.7 Å². The highest BCUT2D eigenvalue weighted by molar-refractivity contribution is 7.90. The Kier molecular flexibility index (Phi) is 5.04. The lowest BCUT2D eigenvalue weighted by Gasteiger charge is -2.34. The van der Waals surface area contributed by atoms with Crippen LogP contribution >= 0.6 is 0 Å².